The lowest BCUT2D eigenvalue weighted by Crippen LogP contribution is -2.25. The minimum Gasteiger partial charge on any atom is -0.468 e. The lowest BCUT2D eigenvalue weighted by molar-refractivity contribution is 0.402. The molecule has 0 aliphatic heterocycles. The summed E-state index contributed by atoms with van der Waals surface area (Å²) < 4.78 is 8.83. The van der Waals surface area contributed by atoms with E-state index in [1.807, 2.05) is 12.1 Å². The minimum absolute atomic E-state index is 0.183. The van der Waals surface area contributed by atoms with E-state index in [0.29, 0.717) is 0 Å². The molecule has 116 valence electrons. The van der Waals surface area contributed by atoms with Crippen LogP contribution in [0.2, 0.25) is 0 Å². The average molecular weight is 354 g/mol. The Labute approximate surface area is 135 Å². The summed E-state index contributed by atoms with van der Waals surface area (Å²) in [5.41, 5.74) is 2.36. The Hall–Kier alpha value is -1.07. The van der Waals surface area contributed by atoms with Crippen molar-refractivity contribution >= 4 is 15.9 Å². The average Bonchev–Trinajstić information content (AvgIpc) is 3.12. The maximum absolute atomic E-state index is 5.60. The third kappa shape index (κ3) is 3.77. The first-order valence-electron chi connectivity index (χ1n) is 7.72. The van der Waals surface area contributed by atoms with Gasteiger partial charge in [0.05, 0.1) is 28.2 Å². The lowest BCUT2D eigenvalue weighted by atomic mass is 10.1. The number of hydrogen-bond donors (Lipinski definition) is 1. The number of aromatic nitrogens is 2. The molecule has 0 aliphatic carbocycles. The van der Waals surface area contributed by atoms with Gasteiger partial charge in [-0.3, -0.25) is 4.68 Å². The molecule has 1 N–H and O–H groups in total. The Morgan fingerprint density at radius 3 is 2.76 bits per heavy atom. The summed E-state index contributed by atoms with van der Waals surface area (Å²) in [5.74, 6) is 0.984. The molecule has 1 unspecified atom stereocenters. The standard InChI is InChI=1S/C16H24BrN3O/c1-4-9-18-13(15-8-7-10-21-15)11-14-16(17)12(5-2)19-20(14)6-3/h7-8,10,13,18H,4-6,9,11H2,1-3H3. The van der Waals surface area contributed by atoms with Crippen LogP contribution in [0.15, 0.2) is 27.3 Å². The predicted octanol–water partition coefficient (Wildman–Crippen LogP) is 4.10. The van der Waals surface area contributed by atoms with E-state index in [1.54, 1.807) is 6.26 Å². The van der Waals surface area contributed by atoms with Gasteiger partial charge in [-0.1, -0.05) is 13.8 Å². The molecule has 0 radical (unpaired) electrons. The Morgan fingerprint density at radius 2 is 2.19 bits per heavy atom. The van der Waals surface area contributed by atoms with E-state index in [1.165, 1.54) is 5.69 Å². The Kier molecular flexibility index (Phi) is 6.06. The highest BCUT2D eigenvalue weighted by Crippen LogP contribution is 2.27. The topological polar surface area (TPSA) is 43.0 Å². The number of nitrogens with one attached hydrogen (secondary N) is 1. The van der Waals surface area contributed by atoms with Gasteiger partial charge in [-0.25, -0.2) is 0 Å². The highest BCUT2D eigenvalue weighted by molar-refractivity contribution is 9.10. The van der Waals surface area contributed by atoms with Gasteiger partial charge in [0.2, 0.25) is 0 Å². The zero-order valence-electron chi connectivity index (χ0n) is 13.0. The Balaban J connectivity index is 2.25. The van der Waals surface area contributed by atoms with Crippen molar-refractivity contribution in [3.63, 3.8) is 0 Å². The molecule has 0 aliphatic rings. The highest BCUT2D eigenvalue weighted by Gasteiger charge is 2.21. The van der Waals surface area contributed by atoms with Crippen LogP contribution in [0.25, 0.3) is 0 Å². The monoisotopic (exact) mass is 353 g/mol. The molecular weight excluding hydrogens is 330 g/mol. The van der Waals surface area contributed by atoms with Crippen molar-refractivity contribution in [2.75, 3.05) is 6.54 Å². The van der Waals surface area contributed by atoms with Crippen molar-refractivity contribution in [2.45, 2.75) is 52.6 Å². The number of hydrogen-bond acceptors (Lipinski definition) is 3. The maximum atomic E-state index is 5.60. The maximum Gasteiger partial charge on any atom is 0.121 e. The molecule has 2 rings (SSSR count). The first-order valence-corrected chi connectivity index (χ1v) is 8.51. The Bertz CT molecular complexity index is 548. The molecule has 2 aromatic heterocycles. The quantitative estimate of drug-likeness (QED) is 0.776. The second-order valence-corrected chi connectivity index (χ2v) is 5.90. The molecule has 4 nitrogen and oxygen atoms in total. The van der Waals surface area contributed by atoms with Crippen molar-refractivity contribution in [1.82, 2.24) is 15.1 Å². The van der Waals surface area contributed by atoms with Crippen LogP contribution in [-0.2, 0) is 19.4 Å². The fourth-order valence-electron chi connectivity index (χ4n) is 2.49. The van der Waals surface area contributed by atoms with Gasteiger partial charge in [-0.2, -0.15) is 5.10 Å². The summed E-state index contributed by atoms with van der Waals surface area (Å²) >= 11 is 3.72. The second kappa shape index (κ2) is 7.80. The van der Waals surface area contributed by atoms with Crippen LogP contribution in [0.5, 0.6) is 0 Å². The predicted molar refractivity (Wildman–Crippen MR) is 88.4 cm³/mol. The molecule has 5 heteroatoms. The molecule has 0 saturated carbocycles. The van der Waals surface area contributed by atoms with E-state index in [4.69, 9.17) is 4.42 Å². The molecule has 0 aromatic carbocycles. The molecule has 2 heterocycles. The van der Waals surface area contributed by atoms with Crippen LogP contribution >= 0.6 is 15.9 Å². The fourth-order valence-corrected chi connectivity index (χ4v) is 3.21. The number of furan rings is 1. The van der Waals surface area contributed by atoms with Gasteiger partial charge in [-0.05, 0) is 54.4 Å². The smallest absolute Gasteiger partial charge is 0.121 e. The third-order valence-electron chi connectivity index (χ3n) is 3.62. The van der Waals surface area contributed by atoms with E-state index in [2.05, 4.69) is 51.8 Å². The summed E-state index contributed by atoms with van der Waals surface area (Å²) in [6, 6.07) is 4.16. The van der Waals surface area contributed by atoms with E-state index >= 15 is 0 Å². The van der Waals surface area contributed by atoms with Gasteiger partial charge in [0.25, 0.3) is 0 Å². The van der Waals surface area contributed by atoms with Crippen molar-refractivity contribution in [1.29, 1.82) is 0 Å². The lowest BCUT2D eigenvalue weighted by Gasteiger charge is -2.17. The van der Waals surface area contributed by atoms with Crippen molar-refractivity contribution in [3.8, 4) is 0 Å². The number of nitrogens with zero attached hydrogens (tertiary/aromatic N) is 2. The summed E-state index contributed by atoms with van der Waals surface area (Å²) in [7, 11) is 0. The summed E-state index contributed by atoms with van der Waals surface area (Å²) in [6.45, 7) is 8.30. The van der Waals surface area contributed by atoms with Gasteiger partial charge >= 0.3 is 0 Å². The van der Waals surface area contributed by atoms with Gasteiger partial charge in [0, 0.05) is 13.0 Å². The van der Waals surface area contributed by atoms with E-state index < -0.39 is 0 Å². The molecule has 1 atom stereocenters. The van der Waals surface area contributed by atoms with Crippen molar-refractivity contribution in [2.24, 2.45) is 0 Å². The van der Waals surface area contributed by atoms with Crippen LogP contribution in [0.1, 0.15) is 50.4 Å². The van der Waals surface area contributed by atoms with E-state index in [9.17, 15) is 0 Å². The van der Waals surface area contributed by atoms with E-state index in [-0.39, 0.29) is 6.04 Å². The molecule has 0 bridgehead atoms. The normalized spacial score (nSPS) is 12.8. The summed E-state index contributed by atoms with van der Waals surface area (Å²) in [5, 5.41) is 8.24. The third-order valence-corrected chi connectivity index (χ3v) is 4.53. The highest BCUT2D eigenvalue weighted by atomic mass is 79.9. The first kappa shape index (κ1) is 16.3. The molecule has 21 heavy (non-hydrogen) atoms. The van der Waals surface area contributed by atoms with Crippen LogP contribution in [0, 0.1) is 0 Å². The van der Waals surface area contributed by atoms with Crippen LogP contribution in [-0.4, -0.2) is 16.3 Å². The zero-order valence-corrected chi connectivity index (χ0v) is 14.6. The number of halogens is 1. The van der Waals surface area contributed by atoms with Gasteiger partial charge in [0.1, 0.15) is 5.76 Å². The van der Waals surface area contributed by atoms with Crippen molar-refractivity contribution < 1.29 is 4.42 Å². The summed E-state index contributed by atoms with van der Waals surface area (Å²) in [4.78, 5) is 0. The molecular formula is C16H24BrN3O. The van der Waals surface area contributed by atoms with Crippen LogP contribution in [0.3, 0.4) is 0 Å². The Morgan fingerprint density at radius 1 is 1.38 bits per heavy atom. The molecule has 0 saturated heterocycles. The minimum atomic E-state index is 0.183. The van der Waals surface area contributed by atoms with Gasteiger partial charge < -0.3 is 9.73 Å². The second-order valence-electron chi connectivity index (χ2n) is 5.10. The molecule has 0 amide bonds. The van der Waals surface area contributed by atoms with Crippen LogP contribution < -0.4 is 5.32 Å². The number of aryl methyl sites for hydroxylation is 2. The largest absolute Gasteiger partial charge is 0.468 e. The fraction of sp³-hybridized carbons (Fsp3) is 0.562. The number of rotatable bonds is 8. The molecule has 0 spiro atoms. The molecule has 0 fully saturated rings. The molecule has 2 aromatic rings. The zero-order chi connectivity index (χ0) is 15.2. The van der Waals surface area contributed by atoms with Gasteiger partial charge in [0.15, 0.2) is 0 Å². The van der Waals surface area contributed by atoms with Crippen molar-refractivity contribution in [3.05, 3.63) is 40.0 Å². The SMILES string of the molecule is CCCNC(Cc1c(Br)c(CC)nn1CC)c1ccco1. The van der Waals surface area contributed by atoms with E-state index in [0.717, 1.165) is 48.3 Å². The summed E-state index contributed by atoms with van der Waals surface area (Å²) in [6.07, 6.45) is 4.65. The van der Waals surface area contributed by atoms with Crippen LogP contribution in [0.4, 0.5) is 0 Å². The van der Waals surface area contributed by atoms with Gasteiger partial charge in [-0.15, -0.1) is 0 Å². The first-order chi connectivity index (χ1) is 10.2.